The second-order valence-corrected chi connectivity index (χ2v) is 14.5. The van der Waals surface area contributed by atoms with Gasteiger partial charge in [-0.15, -0.1) is 0 Å². The number of phosphoric ester groups is 1. The third-order valence-electron chi connectivity index (χ3n) is 9.10. The van der Waals surface area contributed by atoms with Crippen LogP contribution in [0.3, 0.4) is 0 Å². The normalized spacial score (nSPS) is 22.2. The number of nitrogens with two attached hydrogens (primary N) is 1. The van der Waals surface area contributed by atoms with Crippen LogP contribution in [0.15, 0.2) is 48.8 Å². The summed E-state index contributed by atoms with van der Waals surface area (Å²) in [7, 11) is -4.66. The number of aromatic nitrogens is 3. The van der Waals surface area contributed by atoms with E-state index in [1.807, 2.05) is 36.4 Å². The van der Waals surface area contributed by atoms with Gasteiger partial charge in [-0.1, -0.05) is 95.0 Å². The summed E-state index contributed by atoms with van der Waals surface area (Å²) in [5.41, 5.74) is 5.27. The van der Waals surface area contributed by atoms with Gasteiger partial charge in [0, 0.05) is 13.2 Å². The van der Waals surface area contributed by atoms with Crippen molar-refractivity contribution in [2.75, 3.05) is 32.2 Å². The highest BCUT2D eigenvalue weighted by Crippen LogP contribution is 2.46. The van der Waals surface area contributed by atoms with Crippen molar-refractivity contribution in [3.05, 3.63) is 60.0 Å². The number of phosphoric acid groups is 1. The van der Waals surface area contributed by atoms with Gasteiger partial charge in [-0.2, -0.15) is 10.4 Å². The molecule has 282 valence electrons. The molecule has 0 saturated carbocycles. The standard InChI is InChI=1S/C36H54N5O9P/c1-2-3-4-8-14-21-46-22-15-9-6-5-7-13-18-29(47-23-28-16-11-10-12-17-28)24-48-51(44,45)49-25-31-33(42)34(43)36(26-37,50-31)32-20-19-30-35(38)39-27-40-41(30)32/h10-12,16-17,19-20,27,29,31,33-34,42-43H,2-9,13-15,18,21-25H2,1H3,(H,44,45)(H2,38,39,40)/t29-,31-,33?,34+,36+/m1/s1. The summed E-state index contributed by atoms with van der Waals surface area (Å²) >= 11 is 0. The zero-order valence-electron chi connectivity index (χ0n) is 29.6. The van der Waals surface area contributed by atoms with Gasteiger partial charge in [0.1, 0.15) is 36.2 Å². The Bertz CT molecular complexity index is 1540. The maximum absolute atomic E-state index is 13.0. The van der Waals surface area contributed by atoms with E-state index in [2.05, 4.69) is 17.0 Å². The number of unbranched alkanes of at least 4 members (excludes halogenated alkanes) is 9. The predicted octanol–water partition coefficient (Wildman–Crippen LogP) is 5.59. The first-order valence-corrected chi connectivity index (χ1v) is 19.6. The molecular formula is C36H54N5O9P. The Hall–Kier alpha value is -2.96. The lowest BCUT2D eigenvalue weighted by atomic mass is 9.92. The summed E-state index contributed by atoms with van der Waals surface area (Å²) in [5.74, 6) is 0.140. The van der Waals surface area contributed by atoms with E-state index in [-0.39, 0.29) is 18.1 Å². The lowest BCUT2D eigenvalue weighted by Crippen LogP contribution is -2.41. The molecule has 15 heteroatoms. The van der Waals surface area contributed by atoms with Crippen LogP contribution >= 0.6 is 7.82 Å². The number of fused-ring (bicyclic) bond motifs is 1. The van der Waals surface area contributed by atoms with Crippen LogP contribution in [0.4, 0.5) is 5.82 Å². The molecule has 1 aliphatic rings. The Labute approximate surface area is 300 Å². The second-order valence-electron chi connectivity index (χ2n) is 13.0. The first-order chi connectivity index (χ1) is 24.7. The smallest absolute Gasteiger partial charge is 0.387 e. The molecule has 1 fully saturated rings. The lowest BCUT2D eigenvalue weighted by molar-refractivity contribution is -0.0658. The van der Waals surface area contributed by atoms with Gasteiger partial charge >= 0.3 is 7.82 Å². The Morgan fingerprint density at radius 3 is 2.39 bits per heavy atom. The molecular weight excluding hydrogens is 677 g/mol. The molecule has 3 aromatic rings. The number of ether oxygens (including phenoxy) is 3. The molecule has 6 atom stereocenters. The summed E-state index contributed by atoms with van der Waals surface area (Å²) in [4.78, 5) is 14.5. The van der Waals surface area contributed by atoms with Crippen molar-refractivity contribution >= 4 is 19.2 Å². The van der Waals surface area contributed by atoms with Crippen LogP contribution in [-0.2, 0) is 40.0 Å². The SMILES string of the molecule is CCCCCCCOCCCCCCCC[C@H](COP(=O)(O)OC[C@H]1O[C@@](C#N)(c2ccc3c(N)ncnn23)[C@@H](O)C1O)OCc1ccccc1. The van der Waals surface area contributed by atoms with Crippen molar-refractivity contribution < 1.29 is 42.9 Å². The first kappa shape index (κ1) is 40.8. The van der Waals surface area contributed by atoms with Crippen LogP contribution in [0.5, 0.6) is 0 Å². The van der Waals surface area contributed by atoms with Gasteiger partial charge in [-0.05, 0) is 37.0 Å². The van der Waals surface area contributed by atoms with Crippen molar-refractivity contribution in [3.8, 4) is 6.07 Å². The molecule has 2 aromatic heterocycles. The molecule has 2 unspecified atom stereocenters. The number of nitriles is 1. The minimum Gasteiger partial charge on any atom is -0.387 e. The molecule has 0 amide bonds. The van der Waals surface area contributed by atoms with Crippen LogP contribution in [-0.4, -0.2) is 80.5 Å². The number of nitrogens with zero attached hydrogens (tertiary/aromatic N) is 4. The Balaban J connectivity index is 1.22. The second kappa shape index (κ2) is 20.9. The maximum atomic E-state index is 13.0. The molecule has 0 radical (unpaired) electrons. The first-order valence-electron chi connectivity index (χ1n) is 18.1. The highest BCUT2D eigenvalue weighted by Gasteiger charge is 2.58. The number of nitrogen functional groups attached to an aromatic ring is 1. The summed E-state index contributed by atoms with van der Waals surface area (Å²) in [6, 6.07) is 14.6. The topological polar surface area (TPSA) is 204 Å². The van der Waals surface area contributed by atoms with Crippen molar-refractivity contribution in [3.63, 3.8) is 0 Å². The Morgan fingerprint density at radius 1 is 1.00 bits per heavy atom. The fourth-order valence-electron chi connectivity index (χ4n) is 6.13. The van der Waals surface area contributed by atoms with E-state index in [1.54, 1.807) is 6.07 Å². The van der Waals surface area contributed by atoms with E-state index in [0.717, 1.165) is 63.7 Å². The molecule has 5 N–H and O–H groups in total. The Morgan fingerprint density at radius 2 is 1.69 bits per heavy atom. The van der Waals surface area contributed by atoms with Gasteiger partial charge in [-0.3, -0.25) is 9.05 Å². The third kappa shape index (κ3) is 12.0. The van der Waals surface area contributed by atoms with E-state index in [9.17, 15) is 24.9 Å². The molecule has 1 aromatic carbocycles. The number of rotatable bonds is 25. The van der Waals surface area contributed by atoms with Crippen LogP contribution in [0.1, 0.15) is 95.2 Å². The zero-order chi connectivity index (χ0) is 36.5. The number of aliphatic hydroxyl groups is 2. The molecule has 1 saturated heterocycles. The fraction of sp³-hybridized carbons (Fsp3) is 0.639. The van der Waals surface area contributed by atoms with E-state index >= 15 is 0 Å². The molecule has 14 nitrogen and oxygen atoms in total. The molecule has 0 spiro atoms. The van der Waals surface area contributed by atoms with Gasteiger partial charge in [0.25, 0.3) is 0 Å². The van der Waals surface area contributed by atoms with Crippen LogP contribution < -0.4 is 5.73 Å². The summed E-state index contributed by atoms with van der Waals surface area (Å²) in [6.07, 6.45) is 9.05. The van der Waals surface area contributed by atoms with Crippen LogP contribution in [0.25, 0.3) is 5.52 Å². The van der Waals surface area contributed by atoms with Crippen molar-refractivity contribution in [1.82, 2.24) is 14.6 Å². The van der Waals surface area contributed by atoms with Crippen molar-refractivity contribution in [2.24, 2.45) is 0 Å². The highest BCUT2D eigenvalue weighted by molar-refractivity contribution is 7.47. The van der Waals surface area contributed by atoms with Gasteiger partial charge in [0.15, 0.2) is 5.82 Å². The monoisotopic (exact) mass is 731 g/mol. The van der Waals surface area contributed by atoms with Gasteiger partial charge in [0.05, 0.1) is 31.6 Å². The van der Waals surface area contributed by atoms with Crippen LogP contribution in [0, 0.1) is 11.3 Å². The third-order valence-corrected chi connectivity index (χ3v) is 10.0. The molecule has 51 heavy (non-hydrogen) atoms. The number of anilines is 1. The number of hydrogen-bond acceptors (Lipinski definition) is 12. The quantitative estimate of drug-likeness (QED) is 0.0621. The lowest BCUT2D eigenvalue weighted by Gasteiger charge is -2.24. The van der Waals surface area contributed by atoms with Crippen LogP contribution in [0.2, 0.25) is 0 Å². The zero-order valence-corrected chi connectivity index (χ0v) is 30.4. The van der Waals surface area contributed by atoms with Gasteiger partial charge in [0.2, 0.25) is 5.60 Å². The van der Waals surface area contributed by atoms with E-state index in [0.29, 0.717) is 18.5 Å². The number of aliphatic hydroxyl groups excluding tert-OH is 2. The van der Waals surface area contributed by atoms with Gasteiger partial charge in [-0.25, -0.2) is 14.1 Å². The number of hydrogen-bond donors (Lipinski definition) is 4. The molecule has 1 aliphatic heterocycles. The van der Waals surface area contributed by atoms with Crippen molar-refractivity contribution in [1.29, 1.82) is 5.26 Å². The molecule has 0 aliphatic carbocycles. The minimum absolute atomic E-state index is 0.0995. The summed E-state index contributed by atoms with van der Waals surface area (Å²) in [5, 5.41) is 35.9. The highest BCUT2D eigenvalue weighted by atomic mass is 31.2. The summed E-state index contributed by atoms with van der Waals surface area (Å²) < 4.78 is 42.5. The molecule has 3 heterocycles. The largest absolute Gasteiger partial charge is 0.472 e. The van der Waals surface area contributed by atoms with Gasteiger partial charge < -0.3 is 35.1 Å². The average Bonchev–Trinajstić information content (AvgIpc) is 3.68. The van der Waals surface area contributed by atoms with E-state index in [1.165, 1.54) is 42.6 Å². The molecule has 4 rings (SSSR count). The number of benzene rings is 1. The van der Waals surface area contributed by atoms with Crippen molar-refractivity contribution in [2.45, 2.75) is 121 Å². The Kier molecular flexibility index (Phi) is 16.7. The fourth-order valence-corrected chi connectivity index (χ4v) is 6.89. The average molecular weight is 732 g/mol. The van der Waals surface area contributed by atoms with E-state index in [4.69, 9.17) is 29.0 Å². The maximum Gasteiger partial charge on any atom is 0.472 e. The van der Waals surface area contributed by atoms with E-state index < -0.39 is 44.4 Å². The predicted molar refractivity (Wildman–Crippen MR) is 190 cm³/mol. The summed E-state index contributed by atoms with van der Waals surface area (Å²) in [6.45, 7) is 3.34. The molecule has 0 bridgehead atoms. The minimum atomic E-state index is -4.66.